The quantitative estimate of drug-likeness (QED) is 0.608. The van der Waals surface area contributed by atoms with E-state index in [1.54, 1.807) is 0 Å². The lowest BCUT2D eigenvalue weighted by Gasteiger charge is -1.96. The molecular weight excluding hydrogens is 248 g/mol. The van der Waals surface area contributed by atoms with Gasteiger partial charge in [-0.3, -0.25) is 5.41 Å². The minimum atomic E-state index is 0.666. The molecule has 0 spiro atoms. The Morgan fingerprint density at radius 3 is 2.55 bits per heavy atom. The SMILES string of the molecule is Nc1c(C2=Nc3ccccc3C2=[NH2+])[nH]c2ccccc12. The Morgan fingerprint density at radius 2 is 1.75 bits per heavy atom. The second-order valence-corrected chi connectivity index (χ2v) is 4.85. The summed E-state index contributed by atoms with van der Waals surface area (Å²) in [6, 6.07) is 15.8. The fourth-order valence-corrected chi connectivity index (χ4v) is 2.65. The monoisotopic (exact) mass is 261 g/mol. The van der Waals surface area contributed by atoms with Gasteiger partial charge in [-0.15, -0.1) is 0 Å². The standard InChI is InChI=1S/C16H12N4/c17-13-9-5-1-3-7-11(9)19-15(13)16-14(18)10-6-2-4-8-12(10)20-16/h1-8,17,20H,18H2/p+1. The number of aliphatic imine (C=N–C) groups is 1. The van der Waals surface area contributed by atoms with Crippen molar-refractivity contribution < 1.29 is 5.41 Å². The number of para-hydroxylation sites is 2. The van der Waals surface area contributed by atoms with E-state index in [0.29, 0.717) is 11.4 Å². The van der Waals surface area contributed by atoms with Gasteiger partial charge in [0.1, 0.15) is 0 Å². The zero-order chi connectivity index (χ0) is 13.7. The minimum absolute atomic E-state index is 0.666. The summed E-state index contributed by atoms with van der Waals surface area (Å²) in [5.41, 5.74) is 11.9. The number of nitrogen functional groups attached to an aromatic ring is 1. The van der Waals surface area contributed by atoms with Gasteiger partial charge in [0.25, 0.3) is 0 Å². The van der Waals surface area contributed by atoms with Crippen molar-refractivity contribution in [2.24, 2.45) is 4.99 Å². The highest BCUT2D eigenvalue weighted by molar-refractivity contribution is 6.55. The highest BCUT2D eigenvalue weighted by Gasteiger charge is 2.29. The molecule has 4 nitrogen and oxygen atoms in total. The van der Waals surface area contributed by atoms with Crippen LogP contribution < -0.4 is 11.1 Å². The number of rotatable bonds is 1. The molecule has 0 unspecified atom stereocenters. The molecule has 1 aromatic heterocycles. The predicted octanol–water partition coefficient (Wildman–Crippen LogP) is 1.43. The van der Waals surface area contributed by atoms with Crippen molar-refractivity contribution in [2.75, 3.05) is 5.73 Å². The van der Waals surface area contributed by atoms with Crippen molar-refractivity contribution in [1.82, 2.24) is 4.98 Å². The second-order valence-electron chi connectivity index (χ2n) is 4.85. The van der Waals surface area contributed by atoms with Crippen LogP contribution in [0.2, 0.25) is 0 Å². The van der Waals surface area contributed by atoms with Crippen LogP contribution in [-0.2, 0) is 0 Å². The molecule has 96 valence electrons. The lowest BCUT2D eigenvalue weighted by atomic mass is 10.1. The Labute approximate surface area is 115 Å². The van der Waals surface area contributed by atoms with Gasteiger partial charge in [0.05, 0.1) is 22.6 Å². The Bertz CT molecular complexity index is 886. The highest BCUT2D eigenvalue weighted by Crippen LogP contribution is 2.31. The molecule has 0 saturated carbocycles. The number of anilines is 1. The topological polar surface area (TPSA) is 79.8 Å². The smallest absolute Gasteiger partial charge is 0.234 e. The molecule has 0 bridgehead atoms. The Morgan fingerprint density at radius 1 is 1.00 bits per heavy atom. The van der Waals surface area contributed by atoms with Crippen molar-refractivity contribution in [1.29, 1.82) is 0 Å². The number of aromatic nitrogens is 1. The molecule has 4 rings (SSSR count). The van der Waals surface area contributed by atoms with Gasteiger partial charge in [0.2, 0.25) is 5.71 Å². The maximum atomic E-state index is 6.23. The fourth-order valence-electron chi connectivity index (χ4n) is 2.65. The van der Waals surface area contributed by atoms with E-state index in [0.717, 1.165) is 33.6 Å². The maximum absolute atomic E-state index is 6.23. The maximum Gasteiger partial charge on any atom is 0.234 e. The average Bonchev–Trinajstić information content (AvgIpc) is 2.98. The first-order valence-electron chi connectivity index (χ1n) is 6.43. The molecule has 5 N–H and O–H groups in total. The van der Waals surface area contributed by atoms with Gasteiger partial charge in [-0.1, -0.05) is 30.3 Å². The molecule has 0 aliphatic carbocycles. The first-order chi connectivity index (χ1) is 9.75. The Balaban J connectivity index is 1.94. The molecule has 3 aromatic rings. The zero-order valence-electron chi connectivity index (χ0n) is 10.7. The second kappa shape index (κ2) is 3.81. The first kappa shape index (κ1) is 11.0. The average molecular weight is 261 g/mol. The van der Waals surface area contributed by atoms with Gasteiger partial charge in [-0.05, 0) is 18.2 Å². The number of hydrogen-bond donors (Lipinski definition) is 3. The number of aromatic amines is 1. The minimum Gasteiger partial charge on any atom is -0.396 e. The zero-order valence-corrected chi connectivity index (χ0v) is 10.7. The molecule has 1 aliphatic heterocycles. The first-order valence-corrected chi connectivity index (χ1v) is 6.43. The third-order valence-electron chi connectivity index (χ3n) is 3.66. The molecule has 0 radical (unpaired) electrons. The molecule has 1 aliphatic rings. The Kier molecular flexibility index (Phi) is 2.09. The van der Waals surface area contributed by atoms with Gasteiger partial charge >= 0.3 is 0 Å². The summed E-state index contributed by atoms with van der Waals surface area (Å²) in [6.07, 6.45) is 0. The van der Waals surface area contributed by atoms with Crippen LogP contribution in [0.25, 0.3) is 10.9 Å². The summed E-state index contributed by atoms with van der Waals surface area (Å²) in [4.78, 5) is 7.92. The van der Waals surface area contributed by atoms with E-state index < -0.39 is 0 Å². The molecule has 0 atom stereocenters. The van der Waals surface area contributed by atoms with Gasteiger partial charge < -0.3 is 10.7 Å². The number of nitrogens with two attached hydrogens (primary N) is 2. The molecule has 0 amide bonds. The van der Waals surface area contributed by atoms with Crippen LogP contribution in [0.5, 0.6) is 0 Å². The summed E-state index contributed by atoms with van der Waals surface area (Å²) in [5, 5.41) is 7.22. The summed E-state index contributed by atoms with van der Waals surface area (Å²) in [5.74, 6) is 0. The molecule has 20 heavy (non-hydrogen) atoms. The largest absolute Gasteiger partial charge is 0.396 e. The Hall–Kier alpha value is -2.88. The predicted molar refractivity (Wildman–Crippen MR) is 81.4 cm³/mol. The van der Waals surface area contributed by atoms with E-state index in [1.165, 1.54) is 0 Å². The highest BCUT2D eigenvalue weighted by atomic mass is 14.9. The summed E-state index contributed by atoms with van der Waals surface area (Å²) < 4.78 is 0. The lowest BCUT2D eigenvalue weighted by Crippen LogP contribution is -2.44. The van der Waals surface area contributed by atoms with Crippen LogP contribution in [0, 0.1) is 0 Å². The summed E-state index contributed by atoms with van der Waals surface area (Å²) in [7, 11) is 0. The van der Waals surface area contributed by atoms with Gasteiger partial charge in [-0.2, -0.15) is 0 Å². The number of hydrogen-bond acceptors (Lipinski definition) is 2. The molecule has 2 heterocycles. The molecule has 2 aromatic carbocycles. The normalized spacial score (nSPS) is 13.6. The number of fused-ring (bicyclic) bond motifs is 2. The van der Waals surface area contributed by atoms with Crippen molar-refractivity contribution in [3.05, 3.63) is 59.8 Å². The van der Waals surface area contributed by atoms with Crippen molar-refractivity contribution in [3.63, 3.8) is 0 Å². The molecule has 4 heteroatoms. The van der Waals surface area contributed by atoms with Gasteiger partial charge in [0, 0.05) is 10.9 Å². The van der Waals surface area contributed by atoms with E-state index in [1.807, 2.05) is 48.5 Å². The van der Waals surface area contributed by atoms with E-state index in [-0.39, 0.29) is 0 Å². The van der Waals surface area contributed by atoms with Crippen LogP contribution in [0.4, 0.5) is 11.4 Å². The molecule has 0 fully saturated rings. The van der Waals surface area contributed by atoms with Crippen LogP contribution in [0.3, 0.4) is 0 Å². The third kappa shape index (κ3) is 1.36. The van der Waals surface area contributed by atoms with E-state index in [2.05, 4.69) is 9.98 Å². The van der Waals surface area contributed by atoms with Crippen molar-refractivity contribution >= 4 is 33.7 Å². The van der Waals surface area contributed by atoms with Crippen LogP contribution in [0.1, 0.15) is 11.3 Å². The number of nitrogens with one attached hydrogen (secondary N) is 1. The fraction of sp³-hybridized carbons (Fsp3) is 0. The molecule has 0 saturated heterocycles. The van der Waals surface area contributed by atoms with E-state index in [4.69, 9.17) is 11.1 Å². The van der Waals surface area contributed by atoms with E-state index in [9.17, 15) is 0 Å². The lowest BCUT2D eigenvalue weighted by molar-refractivity contribution is -0.109. The summed E-state index contributed by atoms with van der Waals surface area (Å²) >= 11 is 0. The van der Waals surface area contributed by atoms with Gasteiger partial charge in [0.15, 0.2) is 5.71 Å². The molecular formula is C16H13N4+. The third-order valence-corrected chi connectivity index (χ3v) is 3.66. The number of nitrogens with zero attached hydrogens (tertiary/aromatic N) is 1. The van der Waals surface area contributed by atoms with Crippen LogP contribution >= 0.6 is 0 Å². The van der Waals surface area contributed by atoms with E-state index >= 15 is 0 Å². The van der Waals surface area contributed by atoms with Crippen LogP contribution in [0.15, 0.2) is 53.5 Å². The number of H-pyrrole nitrogens is 1. The van der Waals surface area contributed by atoms with Crippen molar-refractivity contribution in [2.45, 2.75) is 0 Å². The summed E-state index contributed by atoms with van der Waals surface area (Å²) in [6.45, 7) is 0. The number of benzene rings is 2. The van der Waals surface area contributed by atoms with Crippen molar-refractivity contribution in [3.8, 4) is 0 Å². The van der Waals surface area contributed by atoms with Crippen LogP contribution in [-0.4, -0.2) is 16.4 Å². The van der Waals surface area contributed by atoms with Gasteiger partial charge in [-0.25, -0.2) is 4.99 Å².